The first-order chi connectivity index (χ1) is 5.24. The van der Waals surface area contributed by atoms with Gasteiger partial charge in [-0.25, -0.2) is 4.39 Å². The molecule has 2 N–H and O–H groups in total. The Morgan fingerprint density at radius 1 is 1.55 bits per heavy atom. The van der Waals surface area contributed by atoms with E-state index < -0.39 is 0 Å². The molecule has 0 aliphatic carbocycles. The summed E-state index contributed by atoms with van der Waals surface area (Å²) in [7, 11) is 0. The minimum atomic E-state index is -0.306. The Balaban J connectivity index is 3.12. The lowest BCUT2D eigenvalue weighted by Gasteiger charge is -1.95. The summed E-state index contributed by atoms with van der Waals surface area (Å²) in [5, 5.41) is 3.24. The van der Waals surface area contributed by atoms with Crippen molar-refractivity contribution in [1.82, 2.24) is 0 Å². The Morgan fingerprint density at radius 2 is 2.27 bits per heavy atom. The minimum absolute atomic E-state index is 0.306. The SMILES string of the molecule is NN=Cc1cc(I)ccc1F. The van der Waals surface area contributed by atoms with E-state index in [2.05, 4.69) is 27.7 Å². The summed E-state index contributed by atoms with van der Waals surface area (Å²) in [6.45, 7) is 0. The highest BCUT2D eigenvalue weighted by Crippen LogP contribution is 2.10. The van der Waals surface area contributed by atoms with Gasteiger partial charge in [-0.15, -0.1) is 0 Å². The zero-order valence-electron chi connectivity index (χ0n) is 5.59. The van der Waals surface area contributed by atoms with Crippen LogP contribution in [0.15, 0.2) is 23.3 Å². The summed E-state index contributed by atoms with van der Waals surface area (Å²) in [5.74, 6) is 4.57. The predicted octanol–water partition coefficient (Wildman–Crippen LogP) is 1.72. The van der Waals surface area contributed by atoms with Crippen molar-refractivity contribution in [3.63, 3.8) is 0 Å². The Kier molecular flexibility index (Phi) is 2.81. The van der Waals surface area contributed by atoms with Gasteiger partial charge in [0.1, 0.15) is 5.82 Å². The molecule has 0 atom stereocenters. The number of benzene rings is 1. The molecular formula is C7H6FIN2. The van der Waals surface area contributed by atoms with E-state index in [-0.39, 0.29) is 5.82 Å². The molecule has 4 heteroatoms. The first-order valence-corrected chi connectivity index (χ1v) is 4.00. The number of hydrogen-bond donors (Lipinski definition) is 1. The van der Waals surface area contributed by atoms with Crippen LogP contribution in [-0.4, -0.2) is 6.21 Å². The Morgan fingerprint density at radius 3 is 2.91 bits per heavy atom. The van der Waals surface area contributed by atoms with Crippen molar-refractivity contribution >= 4 is 28.8 Å². The van der Waals surface area contributed by atoms with Crippen LogP contribution in [0.5, 0.6) is 0 Å². The van der Waals surface area contributed by atoms with Crippen LogP contribution in [0.4, 0.5) is 4.39 Å². The van der Waals surface area contributed by atoms with Crippen LogP contribution in [0.25, 0.3) is 0 Å². The van der Waals surface area contributed by atoms with Crippen LogP contribution in [-0.2, 0) is 0 Å². The third-order valence-electron chi connectivity index (χ3n) is 1.17. The molecule has 0 amide bonds. The summed E-state index contributed by atoms with van der Waals surface area (Å²) >= 11 is 2.09. The second-order valence-corrected chi connectivity index (χ2v) is 3.19. The lowest BCUT2D eigenvalue weighted by molar-refractivity contribution is 0.625. The van der Waals surface area contributed by atoms with Gasteiger partial charge in [-0.3, -0.25) is 0 Å². The second-order valence-electron chi connectivity index (χ2n) is 1.94. The molecule has 2 nitrogen and oxygen atoms in total. The molecule has 0 heterocycles. The van der Waals surface area contributed by atoms with Crippen LogP contribution < -0.4 is 5.84 Å². The molecule has 11 heavy (non-hydrogen) atoms. The number of nitrogens with zero attached hydrogens (tertiary/aromatic N) is 1. The quantitative estimate of drug-likeness (QED) is 0.356. The van der Waals surface area contributed by atoms with Gasteiger partial charge in [0.25, 0.3) is 0 Å². The van der Waals surface area contributed by atoms with E-state index in [0.29, 0.717) is 5.56 Å². The first-order valence-electron chi connectivity index (χ1n) is 2.92. The fourth-order valence-electron chi connectivity index (χ4n) is 0.694. The van der Waals surface area contributed by atoms with Gasteiger partial charge in [0, 0.05) is 9.13 Å². The Hall–Kier alpha value is -0.650. The number of rotatable bonds is 1. The smallest absolute Gasteiger partial charge is 0.132 e. The third-order valence-corrected chi connectivity index (χ3v) is 1.84. The summed E-state index contributed by atoms with van der Waals surface area (Å²) in [5.41, 5.74) is 0.416. The number of hydrogen-bond acceptors (Lipinski definition) is 2. The monoisotopic (exact) mass is 264 g/mol. The Labute approximate surface area is 77.4 Å². The van der Waals surface area contributed by atoms with Gasteiger partial charge in [-0.05, 0) is 40.8 Å². The summed E-state index contributed by atoms with van der Waals surface area (Å²) in [6.07, 6.45) is 1.29. The van der Waals surface area contributed by atoms with Crippen LogP contribution in [0.1, 0.15) is 5.56 Å². The average Bonchev–Trinajstić information content (AvgIpc) is 1.98. The molecule has 0 unspecified atom stereocenters. The van der Waals surface area contributed by atoms with E-state index in [1.807, 2.05) is 0 Å². The van der Waals surface area contributed by atoms with E-state index in [0.717, 1.165) is 3.57 Å². The molecule has 1 aromatic carbocycles. The molecule has 0 bridgehead atoms. The van der Waals surface area contributed by atoms with E-state index in [4.69, 9.17) is 5.84 Å². The van der Waals surface area contributed by atoms with Crippen LogP contribution in [0.2, 0.25) is 0 Å². The van der Waals surface area contributed by atoms with Gasteiger partial charge >= 0.3 is 0 Å². The second kappa shape index (κ2) is 3.66. The molecule has 0 saturated heterocycles. The molecule has 0 aliphatic heterocycles. The van der Waals surface area contributed by atoms with Gasteiger partial charge in [0.15, 0.2) is 0 Å². The summed E-state index contributed by atoms with van der Waals surface area (Å²) < 4.78 is 13.8. The molecule has 1 aromatic rings. The maximum absolute atomic E-state index is 12.8. The fraction of sp³-hybridized carbons (Fsp3) is 0. The summed E-state index contributed by atoms with van der Waals surface area (Å²) in [4.78, 5) is 0. The standard InChI is InChI=1S/C7H6FIN2/c8-7-2-1-6(9)3-5(7)4-11-10/h1-4H,10H2. The van der Waals surface area contributed by atoms with E-state index >= 15 is 0 Å². The van der Waals surface area contributed by atoms with E-state index in [9.17, 15) is 4.39 Å². The third kappa shape index (κ3) is 2.14. The van der Waals surface area contributed by atoms with E-state index in [1.54, 1.807) is 12.1 Å². The largest absolute Gasteiger partial charge is 0.323 e. The topological polar surface area (TPSA) is 38.4 Å². The van der Waals surface area contributed by atoms with Crippen LogP contribution >= 0.6 is 22.6 Å². The van der Waals surface area contributed by atoms with Crippen molar-refractivity contribution < 1.29 is 4.39 Å². The molecule has 0 aromatic heterocycles. The minimum Gasteiger partial charge on any atom is -0.323 e. The highest BCUT2D eigenvalue weighted by molar-refractivity contribution is 14.1. The number of nitrogens with two attached hydrogens (primary N) is 1. The normalized spacial score (nSPS) is 10.7. The average molecular weight is 264 g/mol. The lowest BCUT2D eigenvalue weighted by Crippen LogP contribution is -1.91. The molecule has 0 radical (unpaired) electrons. The van der Waals surface area contributed by atoms with Crippen molar-refractivity contribution in [1.29, 1.82) is 0 Å². The molecule has 1 rings (SSSR count). The number of hydrazone groups is 1. The van der Waals surface area contributed by atoms with Crippen molar-refractivity contribution in [2.24, 2.45) is 10.9 Å². The van der Waals surface area contributed by atoms with Crippen molar-refractivity contribution in [3.8, 4) is 0 Å². The van der Waals surface area contributed by atoms with Gasteiger partial charge in [-0.2, -0.15) is 5.10 Å². The molecule has 0 fully saturated rings. The van der Waals surface area contributed by atoms with Crippen LogP contribution in [0.3, 0.4) is 0 Å². The maximum Gasteiger partial charge on any atom is 0.132 e. The first kappa shape index (κ1) is 8.45. The molecule has 0 aliphatic rings. The Bertz CT molecular complexity index is 286. The van der Waals surface area contributed by atoms with Crippen molar-refractivity contribution in [2.75, 3.05) is 0 Å². The predicted molar refractivity (Wildman–Crippen MR) is 50.9 cm³/mol. The molecule has 58 valence electrons. The highest BCUT2D eigenvalue weighted by Gasteiger charge is 1.98. The molecule has 0 saturated carbocycles. The van der Waals surface area contributed by atoms with Gasteiger partial charge in [0.05, 0.1) is 6.21 Å². The zero-order chi connectivity index (χ0) is 8.27. The number of halogens is 2. The van der Waals surface area contributed by atoms with Gasteiger partial charge < -0.3 is 5.84 Å². The summed E-state index contributed by atoms with van der Waals surface area (Å²) in [6, 6.07) is 4.74. The van der Waals surface area contributed by atoms with Gasteiger partial charge in [-0.1, -0.05) is 0 Å². The fourth-order valence-corrected chi connectivity index (χ4v) is 1.21. The van der Waals surface area contributed by atoms with E-state index in [1.165, 1.54) is 12.3 Å². The van der Waals surface area contributed by atoms with Crippen LogP contribution in [0, 0.1) is 9.39 Å². The van der Waals surface area contributed by atoms with Gasteiger partial charge in [0.2, 0.25) is 0 Å². The van der Waals surface area contributed by atoms with Crippen molar-refractivity contribution in [2.45, 2.75) is 0 Å². The maximum atomic E-state index is 12.8. The lowest BCUT2D eigenvalue weighted by atomic mass is 10.2. The van der Waals surface area contributed by atoms with Crippen molar-refractivity contribution in [3.05, 3.63) is 33.1 Å². The molecular weight excluding hydrogens is 258 g/mol. The zero-order valence-corrected chi connectivity index (χ0v) is 7.75. The molecule has 0 spiro atoms. The highest BCUT2D eigenvalue weighted by atomic mass is 127.